The van der Waals surface area contributed by atoms with Crippen LogP contribution in [-0.4, -0.2) is 12.5 Å². The molecule has 0 atom stereocenters. The first-order valence-corrected chi connectivity index (χ1v) is 5.53. The number of benzene rings is 1. The fourth-order valence-corrected chi connectivity index (χ4v) is 1.47. The van der Waals surface area contributed by atoms with E-state index < -0.39 is 0 Å². The lowest BCUT2D eigenvalue weighted by molar-refractivity contribution is -0.120. The van der Waals surface area contributed by atoms with Gasteiger partial charge in [0.2, 0.25) is 5.91 Å². The van der Waals surface area contributed by atoms with E-state index >= 15 is 0 Å². The number of amides is 1. The average molecular weight is 232 g/mol. The Labute approximate surface area is 101 Å². The summed E-state index contributed by atoms with van der Waals surface area (Å²) in [6.45, 7) is 4.98. The van der Waals surface area contributed by atoms with Gasteiger partial charge >= 0.3 is 0 Å². The zero-order valence-corrected chi connectivity index (χ0v) is 10.1. The Morgan fingerprint density at radius 2 is 2.29 bits per heavy atom. The van der Waals surface area contributed by atoms with E-state index in [0.717, 1.165) is 16.9 Å². The monoisotopic (exact) mass is 232 g/mol. The van der Waals surface area contributed by atoms with Crippen molar-refractivity contribution in [2.45, 2.75) is 26.8 Å². The average Bonchev–Trinajstić information content (AvgIpc) is 2.30. The molecule has 4 nitrogen and oxygen atoms in total. The van der Waals surface area contributed by atoms with Crippen LogP contribution in [0.3, 0.4) is 0 Å². The Hall–Kier alpha value is -2.02. The maximum Gasteiger partial charge on any atom is 0.234 e. The predicted molar refractivity (Wildman–Crippen MR) is 64.4 cm³/mol. The van der Waals surface area contributed by atoms with E-state index in [4.69, 9.17) is 10.00 Å². The molecule has 0 aliphatic heterocycles. The third kappa shape index (κ3) is 4.15. The molecule has 0 saturated carbocycles. The van der Waals surface area contributed by atoms with Crippen molar-refractivity contribution in [3.63, 3.8) is 0 Å². The lowest BCUT2D eigenvalue weighted by Gasteiger charge is -2.09. The molecule has 0 aliphatic rings. The van der Waals surface area contributed by atoms with E-state index in [9.17, 15) is 4.79 Å². The molecule has 1 aromatic rings. The molecule has 4 heteroatoms. The van der Waals surface area contributed by atoms with Crippen LogP contribution in [0.1, 0.15) is 24.5 Å². The highest BCUT2D eigenvalue weighted by molar-refractivity contribution is 5.77. The SMILES string of the molecule is CCOc1ccc(CNC(=O)CC#N)cc1C. The summed E-state index contributed by atoms with van der Waals surface area (Å²) < 4.78 is 5.43. The first-order chi connectivity index (χ1) is 8.17. The number of ether oxygens (including phenoxy) is 1. The minimum atomic E-state index is -0.251. The van der Waals surface area contributed by atoms with Crippen molar-refractivity contribution in [3.8, 4) is 11.8 Å². The second-order valence-electron chi connectivity index (χ2n) is 3.64. The van der Waals surface area contributed by atoms with Gasteiger partial charge in [-0.05, 0) is 31.0 Å². The Balaban J connectivity index is 2.59. The van der Waals surface area contributed by atoms with E-state index in [1.807, 2.05) is 38.1 Å². The largest absolute Gasteiger partial charge is 0.494 e. The molecule has 0 heterocycles. The van der Waals surface area contributed by atoms with Crippen LogP contribution in [0.15, 0.2) is 18.2 Å². The van der Waals surface area contributed by atoms with Crippen molar-refractivity contribution in [2.75, 3.05) is 6.61 Å². The number of nitrogens with one attached hydrogen (secondary N) is 1. The van der Waals surface area contributed by atoms with Gasteiger partial charge in [0.25, 0.3) is 0 Å². The van der Waals surface area contributed by atoms with Crippen molar-refractivity contribution in [1.29, 1.82) is 5.26 Å². The lowest BCUT2D eigenvalue weighted by atomic mass is 10.1. The molecule has 90 valence electrons. The molecule has 0 unspecified atom stereocenters. The highest BCUT2D eigenvalue weighted by atomic mass is 16.5. The van der Waals surface area contributed by atoms with Crippen LogP contribution in [0.5, 0.6) is 5.75 Å². The van der Waals surface area contributed by atoms with Crippen LogP contribution in [0.4, 0.5) is 0 Å². The fourth-order valence-electron chi connectivity index (χ4n) is 1.47. The lowest BCUT2D eigenvalue weighted by Crippen LogP contribution is -2.21. The number of rotatable bonds is 5. The number of aryl methyl sites for hydroxylation is 1. The molecule has 0 aromatic heterocycles. The molecule has 1 aromatic carbocycles. The van der Waals surface area contributed by atoms with Crippen molar-refractivity contribution in [2.24, 2.45) is 0 Å². The van der Waals surface area contributed by atoms with Gasteiger partial charge in [0.05, 0.1) is 12.7 Å². The number of carbonyl (C=O) groups is 1. The second-order valence-corrected chi connectivity index (χ2v) is 3.64. The van der Waals surface area contributed by atoms with Crippen molar-refractivity contribution in [3.05, 3.63) is 29.3 Å². The molecule has 1 rings (SSSR count). The van der Waals surface area contributed by atoms with Gasteiger partial charge in [-0.25, -0.2) is 0 Å². The number of nitriles is 1. The fraction of sp³-hybridized carbons (Fsp3) is 0.385. The number of carbonyl (C=O) groups excluding carboxylic acids is 1. The van der Waals surface area contributed by atoms with Gasteiger partial charge in [-0.2, -0.15) is 5.26 Å². The zero-order chi connectivity index (χ0) is 12.7. The van der Waals surface area contributed by atoms with Crippen LogP contribution >= 0.6 is 0 Å². The first kappa shape index (κ1) is 13.0. The number of hydrogen-bond donors (Lipinski definition) is 1. The third-order valence-corrected chi connectivity index (χ3v) is 2.27. The van der Waals surface area contributed by atoms with Gasteiger partial charge in [0.1, 0.15) is 12.2 Å². The molecular formula is C13H16N2O2. The predicted octanol–water partition coefficient (Wildman–Crippen LogP) is 1.92. The molecule has 0 spiro atoms. The molecule has 0 aliphatic carbocycles. The Kier molecular flexibility index (Phi) is 5.02. The Morgan fingerprint density at radius 3 is 2.88 bits per heavy atom. The molecular weight excluding hydrogens is 216 g/mol. The summed E-state index contributed by atoms with van der Waals surface area (Å²) in [4.78, 5) is 11.1. The molecule has 17 heavy (non-hydrogen) atoms. The maximum absolute atomic E-state index is 11.1. The summed E-state index contributed by atoms with van der Waals surface area (Å²) in [7, 11) is 0. The molecule has 1 N–H and O–H groups in total. The molecule has 0 radical (unpaired) electrons. The summed E-state index contributed by atoms with van der Waals surface area (Å²) >= 11 is 0. The van der Waals surface area contributed by atoms with Crippen molar-refractivity contribution >= 4 is 5.91 Å². The van der Waals surface area contributed by atoms with Gasteiger partial charge in [-0.3, -0.25) is 4.79 Å². The van der Waals surface area contributed by atoms with Crippen LogP contribution in [-0.2, 0) is 11.3 Å². The second kappa shape index (κ2) is 6.54. The highest BCUT2D eigenvalue weighted by Gasteiger charge is 2.03. The van der Waals surface area contributed by atoms with E-state index in [-0.39, 0.29) is 12.3 Å². The number of hydrogen-bond acceptors (Lipinski definition) is 3. The first-order valence-electron chi connectivity index (χ1n) is 5.53. The van der Waals surface area contributed by atoms with Crippen molar-refractivity contribution in [1.82, 2.24) is 5.32 Å². The highest BCUT2D eigenvalue weighted by Crippen LogP contribution is 2.18. The molecule has 1 amide bonds. The van der Waals surface area contributed by atoms with E-state index in [1.54, 1.807) is 0 Å². The van der Waals surface area contributed by atoms with Gasteiger partial charge in [-0.15, -0.1) is 0 Å². The topological polar surface area (TPSA) is 62.1 Å². The summed E-state index contributed by atoms with van der Waals surface area (Å²) in [6, 6.07) is 7.58. The maximum atomic E-state index is 11.1. The summed E-state index contributed by atoms with van der Waals surface area (Å²) in [6.07, 6.45) is -0.101. The van der Waals surface area contributed by atoms with Gasteiger partial charge in [-0.1, -0.05) is 12.1 Å². The van der Waals surface area contributed by atoms with Crippen LogP contribution in [0.25, 0.3) is 0 Å². The van der Waals surface area contributed by atoms with Crippen molar-refractivity contribution < 1.29 is 9.53 Å². The molecule has 0 bridgehead atoms. The zero-order valence-electron chi connectivity index (χ0n) is 10.1. The van der Waals surface area contributed by atoms with E-state index in [2.05, 4.69) is 5.32 Å². The smallest absolute Gasteiger partial charge is 0.234 e. The molecule has 0 saturated heterocycles. The normalized spacial score (nSPS) is 9.47. The number of nitrogens with zero attached hydrogens (tertiary/aromatic N) is 1. The Bertz CT molecular complexity index is 436. The Morgan fingerprint density at radius 1 is 1.53 bits per heavy atom. The quantitative estimate of drug-likeness (QED) is 0.843. The van der Waals surface area contributed by atoms with Gasteiger partial charge < -0.3 is 10.1 Å². The van der Waals surface area contributed by atoms with E-state index in [0.29, 0.717) is 13.2 Å². The van der Waals surface area contributed by atoms with E-state index in [1.165, 1.54) is 0 Å². The van der Waals surface area contributed by atoms with Gasteiger partial charge in [0, 0.05) is 6.54 Å². The van der Waals surface area contributed by atoms with Gasteiger partial charge in [0.15, 0.2) is 0 Å². The third-order valence-electron chi connectivity index (χ3n) is 2.27. The summed E-state index contributed by atoms with van der Waals surface area (Å²) in [5.74, 6) is 0.610. The molecule has 0 fully saturated rings. The van der Waals surface area contributed by atoms with Crippen LogP contribution in [0.2, 0.25) is 0 Å². The summed E-state index contributed by atoms with van der Waals surface area (Å²) in [5, 5.41) is 11.0. The van der Waals surface area contributed by atoms with Crippen LogP contribution < -0.4 is 10.1 Å². The summed E-state index contributed by atoms with van der Waals surface area (Å²) in [5.41, 5.74) is 2.04. The minimum absolute atomic E-state index is 0.101. The standard InChI is InChI=1S/C13H16N2O2/c1-3-17-12-5-4-11(8-10(12)2)9-15-13(16)6-7-14/h4-5,8H,3,6,9H2,1-2H3,(H,15,16). The van der Waals surface area contributed by atoms with Crippen LogP contribution in [0, 0.1) is 18.3 Å². The minimum Gasteiger partial charge on any atom is -0.494 e.